The van der Waals surface area contributed by atoms with Crippen LogP contribution in [0.25, 0.3) is 0 Å². The fraction of sp³-hybridized carbons (Fsp3) is 0.143. The highest BCUT2D eigenvalue weighted by molar-refractivity contribution is 9.10. The molecular weight excluding hydrogens is 354 g/mol. The third-order valence-corrected chi connectivity index (χ3v) is 3.64. The maximum Gasteiger partial charge on any atom is 0.269 e. The zero-order chi connectivity index (χ0) is 15.7. The molecule has 8 heteroatoms. The molecule has 1 aromatic carbocycles. The van der Waals surface area contributed by atoms with Crippen LogP contribution in [0.1, 0.15) is 5.56 Å². The molecule has 0 saturated heterocycles. The average molecular weight is 364 g/mol. The van der Waals surface area contributed by atoms with Gasteiger partial charge in [0.2, 0.25) is 0 Å². The molecule has 1 aromatic heterocycles. The first-order chi connectivity index (χ1) is 10.5. The van der Waals surface area contributed by atoms with Crippen molar-refractivity contribution in [3.63, 3.8) is 0 Å². The smallest absolute Gasteiger partial charge is 0.269 e. The molecule has 0 saturated carbocycles. The van der Waals surface area contributed by atoms with Crippen molar-refractivity contribution in [2.24, 2.45) is 0 Å². The lowest BCUT2D eigenvalue weighted by Gasteiger charge is -2.28. The van der Waals surface area contributed by atoms with Crippen molar-refractivity contribution in [3.8, 4) is 5.75 Å². The molecule has 0 aliphatic carbocycles. The Morgan fingerprint density at radius 1 is 1.27 bits per heavy atom. The van der Waals surface area contributed by atoms with Crippen molar-refractivity contribution in [3.05, 3.63) is 56.7 Å². The van der Waals surface area contributed by atoms with E-state index in [1.54, 1.807) is 24.3 Å². The minimum atomic E-state index is -0.461. The van der Waals surface area contributed by atoms with E-state index < -0.39 is 4.92 Å². The molecule has 0 atom stereocenters. The zero-order valence-corrected chi connectivity index (χ0v) is 12.8. The molecule has 7 nitrogen and oxygen atoms in total. The number of aromatic nitrogens is 1. The van der Waals surface area contributed by atoms with Gasteiger partial charge in [0.25, 0.3) is 11.6 Å². The van der Waals surface area contributed by atoms with Crippen LogP contribution in [0, 0.1) is 10.1 Å². The van der Waals surface area contributed by atoms with E-state index >= 15 is 0 Å². The number of anilines is 1. The summed E-state index contributed by atoms with van der Waals surface area (Å²) in [4.78, 5) is 28.1. The molecule has 0 N–H and O–H groups in total. The topological polar surface area (TPSA) is 85.6 Å². The molecule has 0 bridgehead atoms. The molecule has 0 spiro atoms. The fourth-order valence-electron chi connectivity index (χ4n) is 2.12. The molecule has 2 heterocycles. The van der Waals surface area contributed by atoms with E-state index in [2.05, 4.69) is 20.9 Å². The number of benzene rings is 1. The summed E-state index contributed by atoms with van der Waals surface area (Å²) < 4.78 is 5.94. The Bertz CT molecular complexity index is 748. The molecule has 22 heavy (non-hydrogen) atoms. The minimum Gasteiger partial charge on any atom is -0.480 e. The van der Waals surface area contributed by atoms with Gasteiger partial charge in [-0.15, -0.1) is 0 Å². The summed E-state index contributed by atoms with van der Waals surface area (Å²) in [7, 11) is 0. The van der Waals surface area contributed by atoms with Crippen LogP contribution in [0.5, 0.6) is 5.75 Å². The third kappa shape index (κ3) is 2.77. The third-order valence-electron chi connectivity index (χ3n) is 3.20. The maximum atomic E-state index is 12.1. The molecule has 3 rings (SSSR count). The number of nitro groups is 1. The molecule has 1 aliphatic rings. The van der Waals surface area contributed by atoms with Crippen LogP contribution in [-0.2, 0) is 11.3 Å². The fourth-order valence-corrected chi connectivity index (χ4v) is 2.42. The van der Waals surface area contributed by atoms with Crippen LogP contribution in [0.3, 0.4) is 0 Å². The number of carbonyl (C=O) groups is 1. The van der Waals surface area contributed by atoms with Crippen LogP contribution in [0.15, 0.2) is 41.0 Å². The Hall–Kier alpha value is -2.48. The van der Waals surface area contributed by atoms with Gasteiger partial charge in [0.15, 0.2) is 18.2 Å². The highest BCUT2D eigenvalue weighted by Crippen LogP contribution is 2.32. The second kappa shape index (κ2) is 5.72. The Morgan fingerprint density at radius 2 is 2.00 bits per heavy atom. The van der Waals surface area contributed by atoms with Gasteiger partial charge < -0.3 is 4.74 Å². The monoisotopic (exact) mass is 363 g/mol. The predicted molar refractivity (Wildman–Crippen MR) is 81.7 cm³/mol. The summed E-state index contributed by atoms with van der Waals surface area (Å²) >= 11 is 3.27. The van der Waals surface area contributed by atoms with E-state index in [0.717, 1.165) is 5.56 Å². The second-order valence-corrected chi connectivity index (χ2v) is 5.46. The summed E-state index contributed by atoms with van der Waals surface area (Å²) in [6, 6.07) is 9.54. The lowest BCUT2D eigenvalue weighted by molar-refractivity contribution is -0.384. The number of hydrogen-bond donors (Lipinski definition) is 0. The van der Waals surface area contributed by atoms with Gasteiger partial charge >= 0.3 is 0 Å². The first-order valence-corrected chi connectivity index (χ1v) is 7.17. The van der Waals surface area contributed by atoms with Crippen LogP contribution < -0.4 is 9.64 Å². The maximum absolute atomic E-state index is 12.1. The summed E-state index contributed by atoms with van der Waals surface area (Å²) in [5.41, 5.74) is 0.784. The lowest BCUT2D eigenvalue weighted by Crippen LogP contribution is -2.38. The van der Waals surface area contributed by atoms with E-state index in [1.165, 1.54) is 17.0 Å². The number of halogens is 1. The number of non-ortho nitro benzene ring substituents is 1. The van der Waals surface area contributed by atoms with Gasteiger partial charge in [-0.05, 0) is 33.6 Å². The Kier molecular flexibility index (Phi) is 3.76. The summed E-state index contributed by atoms with van der Waals surface area (Å²) in [5, 5.41) is 10.7. The number of ether oxygens (including phenoxy) is 1. The average Bonchev–Trinajstić information content (AvgIpc) is 2.51. The lowest BCUT2D eigenvalue weighted by atomic mass is 10.2. The van der Waals surface area contributed by atoms with E-state index in [1.807, 2.05) is 0 Å². The van der Waals surface area contributed by atoms with Crippen LogP contribution >= 0.6 is 15.9 Å². The highest BCUT2D eigenvalue weighted by Gasteiger charge is 2.27. The quantitative estimate of drug-likeness (QED) is 0.475. The highest BCUT2D eigenvalue weighted by atomic mass is 79.9. The number of hydrogen-bond acceptors (Lipinski definition) is 5. The van der Waals surface area contributed by atoms with E-state index in [4.69, 9.17) is 4.74 Å². The summed E-state index contributed by atoms with van der Waals surface area (Å²) in [5.74, 6) is 0.755. The molecule has 0 unspecified atom stereocenters. The number of pyridine rings is 1. The van der Waals surface area contributed by atoms with E-state index in [0.29, 0.717) is 16.2 Å². The first kappa shape index (κ1) is 14.5. The molecule has 2 aromatic rings. The van der Waals surface area contributed by atoms with Crippen molar-refractivity contribution >= 4 is 33.3 Å². The molecule has 1 amide bonds. The number of nitro benzene ring substituents is 1. The van der Waals surface area contributed by atoms with Crippen molar-refractivity contribution < 1.29 is 14.5 Å². The standard InChI is InChI=1S/C14H10BrN3O4/c15-12-6-5-11-14(16-12)17(13(19)8-22-11)7-9-1-3-10(4-2-9)18(20)21/h1-6H,7-8H2. The van der Waals surface area contributed by atoms with Gasteiger partial charge in [0, 0.05) is 12.1 Å². The SMILES string of the molecule is O=C1COc2ccc(Br)nc2N1Cc1ccc([N+](=O)[O-])cc1. The van der Waals surface area contributed by atoms with Gasteiger partial charge in [-0.3, -0.25) is 19.8 Å². The van der Waals surface area contributed by atoms with Crippen molar-refractivity contribution in [2.75, 3.05) is 11.5 Å². The minimum absolute atomic E-state index is 0.0123. The Labute approximate surface area is 133 Å². The van der Waals surface area contributed by atoms with Crippen molar-refractivity contribution in [2.45, 2.75) is 6.54 Å². The molecular formula is C14H10BrN3O4. The van der Waals surface area contributed by atoms with E-state index in [9.17, 15) is 14.9 Å². The number of rotatable bonds is 3. The van der Waals surface area contributed by atoms with Crippen LogP contribution in [-0.4, -0.2) is 22.4 Å². The number of carbonyl (C=O) groups excluding carboxylic acids is 1. The number of fused-ring (bicyclic) bond motifs is 1. The van der Waals surface area contributed by atoms with Gasteiger partial charge in [-0.2, -0.15) is 0 Å². The normalized spacial score (nSPS) is 13.5. The summed E-state index contributed by atoms with van der Waals surface area (Å²) in [6.45, 7) is 0.222. The molecule has 0 radical (unpaired) electrons. The van der Waals surface area contributed by atoms with Gasteiger partial charge in [-0.1, -0.05) is 12.1 Å². The van der Waals surface area contributed by atoms with Gasteiger partial charge in [0.1, 0.15) is 4.60 Å². The Balaban J connectivity index is 1.90. The van der Waals surface area contributed by atoms with E-state index in [-0.39, 0.29) is 24.7 Å². The summed E-state index contributed by atoms with van der Waals surface area (Å²) in [6.07, 6.45) is 0. The molecule has 1 aliphatic heterocycles. The van der Waals surface area contributed by atoms with Crippen molar-refractivity contribution in [1.29, 1.82) is 0 Å². The van der Waals surface area contributed by atoms with Crippen LogP contribution in [0.2, 0.25) is 0 Å². The first-order valence-electron chi connectivity index (χ1n) is 6.37. The molecule has 112 valence electrons. The predicted octanol–water partition coefficient (Wildman–Crippen LogP) is 2.68. The second-order valence-electron chi connectivity index (χ2n) is 4.65. The van der Waals surface area contributed by atoms with Crippen molar-refractivity contribution in [1.82, 2.24) is 4.98 Å². The van der Waals surface area contributed by atoms with Gasteiger partial charge in [0.05, 0.1) is 11.5 Å². The van der Waals surface area contributed by atoms with Crippen LogP contribution in [0.4, 0.5) is 11.5 Å². The van der Waals surface area contributed by atoms with Gasteiger partial charge in [-0.25, -0.2) is 4.98 Å². The molecule has 0 fully saturated rings. The number of nitrogens with zero attached hydrogens (tertiary/aromatic N) is 3. The zero-order valence-electron chi connectivity index (χ0n) is 11.2. The largest absolute Gasteiger partial charge is 0.480 e. The Morgan fingerprint density at radius 3 is 2.68 bits per heavy atom. The number of amides is 1.